The highest BCUT2D eigenvalue weighted by atomic mass is 16.5. The number of benzene rings is 1. The first-order valence-electron chi connectivity index (χ1n) is 12.5. The Hall–Kier alpha value is -4.06. The number of hydrogen-bond acceptors (Lipinski definition) is 8. The van der Waals surface area contributed by atoms with Crippen molar-refractivity contribution in [2.45, 2.75) is 58.9 Å². The van der Waals surface area contributed by atoms with Gasteiger partial charge in [-0.1, -0.05) is 33.1 Å². The average molecular weight is 534 g/mol. The van der Waals surface area contributed by atoms with Crippen LogP contribution in [0.15, 0.2) is 28.7 Å². The zero-order chi connectivity index (χ0) is 28.2. The fourth-order valence-corrected chi connectivity index (χ4v) is 4.12. The monoisotopic (exact) mass is 533 g/mol. The van der Waals surface area contributed by atoms with Gasteiger partial charge in [0.1, 0.15) is 22.8 Å². The summed E-state index contributed by atoms with van der Waals surface area (Å²) in [5.41, 5.74) is -0.0841. The Morgan fingerprint density at radius 2 is 1.87 bits per heavy atom. The molecule has 0 radical (unpaired) electrons. The van der Waals surface area contributed by atoms with Crippen molar-refractivity contribution < 1.29 is 43.8 Å². The lowest BCUT2D eigenvalue weighted by molar-refractivity contribution is -0.168. The number of carbonyl (C=O) groups excluding carboxylic acids is 3. The van der Waals surface area contributed by atoms with E-state index in [0.717, 1.165) is 19.3 Å². The SMILES string of the molecule is CCCCCC(C(=O)NCNC(=O)c1ccc(-c2cc(O)c(C(=O)O)c(OCC)c2)o1)[C@@H](CC)N(O)C=O. The largest absolute Gasteiger partial charge is 0.507 e. The molecule has 2 aromatic rings. The van der Waals surface area contributed by atoms with E-state index in [1.54, 1.807) is 13.8 Å². The van der Waals surface area contributed by atoms with Crippen LogP contribution in [0.4, 0.5) is 0 Å². The molecule has 0 fully saturated rings. The second-order valence-corrected chi connectivity index (χ2v) is 8.56. The fourth-order valence-electron chi connectivity index (χ4n) is 4.12. The molecule has 1 aromatic carbocycles. The van der Waals surface area contributed by atoms with Crippen LogP contribution in [-0.4, -0.2) is 64.0 Å². The van der Waals surface area contributed by atoms with E-state index in [0.29, 0.717) is 23.5 Å². The van der Waals surface area contributed by atoms with Gasteiger partial charge in [-0.3, -0.25) is 19.6 Å². The van der Waals surface area contributed by atoms with Crippen LogP contribution in [0.25, 0.3) is 11.3 Å². The number of hydrogen-bond donors (Lipinski definition) is 5. The van der Waals surface area contributed by atoms with Crippen LogP contribution < -0.4 is 15.4 Å². The van der Waals surface area contributed by atoms with Gasteiger partial charge in [0.15, 0.2) is 5.76 Å². The summed E-state index contributed by atoms with van der Waals surface area (Å²) in [6.45, 7) is 5.41. The van der Waals surface area contributed by atoms with Gasteiger partial charge in [0.25, 0.3) is 5.91 Å². The van der Waals surface area contributed by atoms with Crippen LogP contribution in [0.2, 0.25) is 0 Å². The number of nitrogens with one attached hydrogen (secondary N) is 2. The highest BCUT2D eigenvalue weighted by Gasteiger charge is 2.30. The first-order valence-corrected chi connectivity index (χ1v) is 12.5. The van der Waals surface area contributed by atoms with Crippen molar-refractivity contribution in [3.05, 3.63) is 35.6 Å². The molecule has 1 aromatic heterocycles. The number of carboxylic acid groups (broad SMARTS) is 1. The van der Waals surface area contributed by atoms with Crippen molar-refractivity contribution >= 4 is 24.2 Å². The predicted molar refractivity (Wildman–Crippen MR) is 136 cm³/mol. The van der Waals surface area contributed by atoms with Gasteiger partial charge in [0, 0.05) is 5.56 Å². The summed E-state index contributed by atoms with van der Waals surface area (Å²) < 4.78 is 10.9. The molecule has 0 aliphatic heterocycles. The first kappa shape index (κ1) is 30.2. The highest BCUT2D eigenvalue weighted by Crippen LogP contribution is 2.35. The number of nitrogens with zero attached hydrogens (tertiary/aromatic N) is 1. The Morgan fingerprint density at radius 3 is 2.47 bits per heavy atom. The second kappa shape index (κ2) is 14.6. The molecule has 12 nitrogen and oxygen atoms in total. The quantitative estimate of drug-likeness (QED) is 0.0711. The minimum absolute atomic E-state index is 0.0463. The van der Waals surface area contributed by atoms with Crippen molar-refractivity contribution in [1.82, 2.24) is 15.7 Å². The first-order chi connectivity index (χ1) is 18.2. The average Bonchev–Trinajstić information content (AvgIpc) is 3.38. The lowest BCUT2D eigenvalue weighted by Gasteiger charge is -2.29. The van der Waals surface area contributed by atoms with Gasteiger partial charge in [-0.15, -0.1) is 0 Å². The molecule has 1 unspecified atom stereocenters. The Labute approximate surface area is 220 Å². The molecule has 38 heavy (non-hydrogen) atoms. The van der Waals surface area contributed by atoms with Crippen molar-refractivity contribution in [3.63, 3.8) is 0 Å². The fraction of sp³-hybridized carbons (Fsp3) is 0.462. The van der Waals surface area contributed by atoms with Gasteiger partial charge >= 0.3 is 5.97 Å². The lowest BCUT2D eigenvalue weighted by atomic mass is 9.90. The van der Waals surface area contributed by atoms with Crippen LogP contribution in [0, 0.1) is 5.92 Å². The van der Waals surface area contributed by atoms with Crippen LogP contribution in [0.1, 0.15) is 73.8 Å². The molecule has 2 rings (SSSR count). The number of furan rings is 1. The lowest BCUT2D eigenvalue weighted by Crippen LogP contribution is -2.47. The smallest absolute Gasteiger partial charge is 0.343 e. The van der Waals surface area contributed by atoms with Crippen molar-refractivity contribution in [2.75, 3.05) is 13.3 Å². The summed E-state index contributed by atoms with van der Waals surface area (Å²) in [6.07, 6.45) is 3.70. The number of phenols is 1. The molecule has 0 aliphatic rings. The molecule has 0 aliphatic carbocycles. The minimum atomic E-state index is -1.35. The molecule has 12 heteroatoms. The third-order valence-electron chi connectivity index (χ3n) is 6.01. The third kappa shape index (κ3) is 7.72. The highest BCUT2D eigenvalue weighted by molar-refractivity contribution is 5.95. The Bertz CT molecular complexity index is 1120. The number of carboxylic acids is 1. The number of amides is 3. The summed E-state index contributed by atoms with van der Waals surface area (Å²) in [7, 11) is 0. The number of aromatic hydroxyl groups is 1. The summed E-state index contributed by atoms with van der Waals surface area (Å²) >= 11 is 0. The topological polar surface area (TPSA) is 179 Å². The van der Waals surface area contributed by atoms with Gasteiger partial charge in [-0.25, -0.2) is 9.86 Å². The Kier molecular flexibility index (Phi) is 11.6. The molecule has 1 heterocycles. The van der Waals surface area contributed by atoms with E-state index in [2.05, 4.69) is 10.6 Å². The maximum atomic E-state index is 12.8. The van der Waals surface area contributed by atoms with Crippen molar-refractivity contribution in [2.24, 2.45) is 5.92 Å². The Morgan fingerprint density at radius 1 is 1.13 bits per heavy atom. The third-order valence-corrected chi connectivity index (χ3v) is 6.01. The number of ether oxygens (including phenoxy) is 1. The summed E-state index contributed by atoms with van der Waals surface area (Å²) in [5, 5.41) is 35.1. The maximum absolute atomic E-state index is 12.8. The molecule has 0 spiro atoms. The Balaban J connectivity index is 2.08. The molecule has 0 saturated carbocycles. The van der Waals surface area contributed by atoms with Crippen LogP contribution in [0.5, 0.6) is 11.5 Å². The number of hydroxylamine groups is 2. The number of carbonyl (C=O) groups is 4. The second-order valence-electron chi connectivity index (χ2n) is 8.56. The van der Waals surface area contributed by atoms with E-state index < -0.39 is 35.5 Å². The summed E-state index contributed by atoms with van der Waals surface area (Å²) in [6, 6.07) is 4.75. The van der Waals surface area contributed by atoms with Crippen molar-refractivity contribution in [3.8, 4) is 22.8 Å². The van der Waals surface area contributed by atoms with E-state index >= 15 is 0 Å². The number of rotatable bonds is 16. The number of aromatic carboxylic acids is 1. The van der Waals surface area contributed by atoms with E-state index in [-0.39, 0.29) is 42.5 Å². The van der Waals surface area contributed by atoms with Gasteiger partial charge in [-0.05, 0) is 44.0 Å². The molecule has 5 N–H and O–H groups in total. The molecule has 0 saturated heterocycles. The standard InChI is InChI=1S/C26H35N3O9/c1-4-7-8-9-17(18(5-2)29(36)15-30)24(32)27-14-28-25(33)21-11-10-20(38-21)16-12-19(31)23(26(34)35)22(13-16)37-6-3/h10-13,15,17-18,31,36H,4-9,14H2,1-3H3,(H,27,32)(H,28,33)(H,34,35)/t17?,18-/m1/s1. The van der Waals surface area contributed by atoms with E-state index in [4.69, 9.17) is 9.15 Å². The van der Waals surface area contributed by atoms with Crippen LogP contribution in [-0.2, 0) is 9.59 Å². The summed E-state index contributed by atoms with van der Waals surface area (Å²) in [5.74, 6) is -3.50. The normalized spacial score (nSPS) is 12.3. The van der Waals surface area contributed by atoms with Crippen molar-refractivity contribution in [1.29, 1.82) is 0 Å². The van der Waals surface area contributed by atoms with Crippen LogP contribution >= 0.6 is 0 Å². The van der Waals surface area contributed by atoms with E-state index in [1.165, 1.54) is 24.3 Å². The van der Waals surface area contributed by atoms with E-state index in [1.807, 2.05) is 6.92 Å². The molecule has 208 valence electrons. The van der Waals surface area contributed by atoms with Gasteiger partial charge in [0.2, 0.25) is 12.3 Å². The summed E-state index contributed by atoms with van der Waals surface area (Å²) in [4.78, 5) is 47.9. The molecule has 0 bridgehead atoms. The van der Waals surface area contributed by atoms with Crippen LogP contribution in [0.3, 0.4) is 0 Å². The predicted octanol–water partition coefficient (Wildman–Crippen LogP) is 3.38. The minimum Gasteiger partial charge on any atom is -0.507 e. The molecular weight excluding hydrogens is 498 g/mol. The maximum Gasteiger partial charge on any atom is 0.343 e. The van der Waals surface area contributed by atoms with Gasteiger partial charge in [0.05, 0.1) is 25.2 Å². The molecule has 3 amide bonds. The van der Waals surface area contributed by atoms with Gasteiger partial charge in [-0.2, -0.15) is 0 Å². The molecule has 2 atom stereocenters. The molecular formula is C26H35N3O9. The zero-order valence-corrected chi connectivity index (χ0v) is 21.7. The van der Waals surface area contributed by atoms with E-state index in [9.17, 15) is 34.6 Å². The van der Waals surface area contributed by atoms with Gasteiger partial charge < -0.3 is 30.0 Å². The number of unbranched alkanes of at least 4 members (excludes halogenated alkanes) is 2. The zero-order valence-electron chi connectivity index (χ0n) is 21.7.